The fourth-order valence-electron chi connectivity index (χ4n) is 4.10. The highest BCUT2D eigenvalue weighted by Gasteiger charge is 2.24. The van der Waals surface area contributed by atoms with E-state index in [4.69, 9.17) is 16.3 Å². The molecule has 0 aliphatic heterocycles. The van der Waals surface area contributed by atoms with E-state index in [1.807, 2.05) is 30.8 Å². The minimum Gasteiger partial charge on any atom is -0.463 e. The van der Waals surface area contributed by atoms with E-state index < -0.39 is 0 Å². The largest absolute Gasteiger partial charge is 0.463 e. The summed E-state index contributed by atoms with van der Waals surface area (Å²) in [5.41, 5.74) is 7.13. The molecule has 0 bridgehead atoms. The number of aromatic nitrogens is 2. The molecule has 5 nitrogen and oxygen atoms in total. The van der Waals surface area contributed by atoms with E-state index in [1.165, 1.54) is 5.56 Å². The Morgan fingerprint density at radius 3 is 2.75 bits per heavy atom. The highest BCUT2D eigenvalue weighted by atomic mass is 35.5. The summed E-state index contributed by atoms with van der Waals surface area (Å²) < 4.78 is 7.88. The van der Waals surface area contributed by atoms with Gasteiger partial charge in [-0.3, -0.25) is 4.79 Å². The normalized spacial score (nSPS) is 18.4. The molecule has 2 aromatic carbocycles. The Kier molecular flexibility index (Phi) is 6.56. The second kappa shape index (κ2) is 9.53. The number of allylic oxidation sites excluding steroid dienone is 1. The third-order valence-corrected chi connectivity index (χ3v) is 6.50. The molecule has 1 amide bonds. The van der Waals surface area contributed by atoms with Crippen molar-refractivity contribution in [3.05, 3.63) is 87.9 Å². The zero-order valence-corrected chi connectivity index (χ0v) is 19.3. The maximum atomic E-state index is 10.8. The molecule has 0 radical (unpaired) electrons. The van der Waals surface area contributed by atoms with E-state index in [-0.39, 0.29) is 0 Å². The number of aryl methyl sites for hydroxylation is 1. The van der Waals surface area contributed by atoms with Gasteiger partial charge in [-0.15, -0.1) is 0 Å². The molecule has 1 aromatic heterocycles. The van der Waals surface area contributed by atoms with Crippen molar-refractivity contribution in [3.8, 4) is 11.4 Å². The van der Waals surface area contributed by atoms with Crippen LogP contribution < -0.4 is 4.74 Å². The van der Waals surface area contributed by atoms with Gasteiger partial charge >= 0.3 is 0 Å². The topological polar surface area (TPSA) is 56.5 Å². The number of rotatable bonds is 6. The Bertz CT molecular complexity index is 1180. The number of amides is 1. The second-order valence-corrected chi connectivity index (χ2v) is 8.60. The van der Waals surface area contributed by atoms with Gasteiger partial charge in [0.15, 0.2) is 0 Å². The molecule has 1 atom stereocenters. The van der Waals surface area contributed by atoms with Crippen LogP contribution in [-0.2, 0) is 11.2 Å². The molecule has 1 aliphatic carbocycles. The quantitative estimate of drug-likeness (QED) is 0.342. The van der Waals surface area contributed by atoms with Crippen LogP contribution in [0.15, 0.2) is 65.6 Å². The molecule has 1 heterocycles. The van der Waals surface area contributed by atoms with E-state index in [0.29, 0.717) is 23.1 Å². The van der Waals surface area contributed by atoms with Gasteiger partial charge in [0.25, 0.3) is 0 Å². The molecule has 6 heteroatoms. The van der Waals surface area contributed by atoms with Gasteiger partial charge < -0.3 is 4.74 Å². The molecule has 4 rings (SSSR count). The molecule has 32 heavy (non-hydrogen) atoms. The van der Waals surface area contributed by atoms with Gasteiger partial charge in [0.05, 0.1) is 22.7 Å². The van der Waals surface area contributed by atoms with Crippen LogP contribution >= 0.6 is 11.6 Å². The third kappa shape index (κ3) is 4.53. The summed E-state index contributed by atoms with van der Waals surface area (Å²) in [5, 5.41) is 4.88. The summed E-state index contributed by atoms with van der Waals surface area (Å²) in [6, 6.07) is 12.4. The Labute approximate surface area is 193 Å². The average Bonchev–Trinajstić information content (AvgIpc) is 3.44. The number of hydrogen-bond donors (Lipinski definition) is 0. The maximum absolute atomic E-state index is 10.8. The Balaban J connectivity index is 1.56. The number of hydrogen-bond acceptors (Lipinski definition) is 3. The van der Waals surface area contributed by atoms with Crippen molar-refractivity contribution in [1.29, 1.82) is 0 Å². The van der Waals surface area contributed by atoms with Crippen molar-refractivity contribution in [2.75, 3.05) is 0 Å². The lowest BCUT2D eigenvalue weighted by molar-refractivity contribution is -0.106. The second-order valence-electron chi connectivity index (χ2n) is 8.23. The van der Waals surface area contributed by atoms with Crippen LogP contribution in [0.4, 0.5) is 0 Å². The average molecular weight is 448 g/mol. The first-order chi connectivity index (χ1) is 15.5. The van der Waals surface area contributed by atoms with E-state index >= 15 is 0 Å². The number of ether oxygens (including phenoxy) is 1. The van der Waals surface area contributed by atoms with Crippen molar-refractivity contribution in [1.82, 2.24) is 9.78 Å². The summed E-state index contributed by atoms with van der Waals surface area (Å²) in [7, 11) is 0. The molecule has 1 aliphatic rings. The SMILES string of the molecule is Cc1cc(Cc2ccc(-n3cccn3)cc2)c(C)c(Cl)c1O/C=C1\C(=NC=O)CCC1C. The molecule has 0 saturated heterocycles. The van der Waals surface area contributed by atoms with Gasteiger partial charge in [-0.2, -0.15) is 5.10 Å². The highest BCUT2D eigenvalue weighted by molar-refractivity contribution is 6.33. The monoisotopic (exact) mass is 447 g/mol. The van der Waals surface area contributed by atoms with Crippen LogP contribution in [0.25, 0.3) is 5.69 Å². The predicted molar refractivity (Wildman–Crippen MR) is 128 cm³/mol. The first-order valence-corrected chi connectivity index (χ1v) is 11.1. The van der Waals surface area contributed by atoms with Crippen molar-refractivity contribution < 1.29 is 9.53 Å². The molecule has 0 N–H and O–H groups in total. The molecular formula is C26H26ClN3O2. The smallest absolute Gasteiger partial charge is 0.233 e. The minimum atomic E-state index is 0.304. The maximum Gasteiger partial charge on any atom is 0.233 e. The summed E-state index contributed by atoms with van der Waals surface area (Å²) in [6.45, 7) is 6.14. The predicted octanol–water partition coefficient (Wildman–Crippen LogP) is 6.02. The number of carbonyl (C=O) groups excluding carboxylic acids is 1. The molecule has 164 valence electrons. The number of carbonyl (C=O) groups is 1. The Morgan fingerprint density at radius 1 is 1.28 bits per heavy atom. The molecule has 3 aromatic rings. The molecule has 1 saturated carbocycles. The lowest BCUT2D eigenvalue weighted by atomic mass is 9.97. The summed E-state index contributed by atoms with van der Waals surface area (Å²) in [4.78, 5) is 14.8. The first kappa shape index (κ1) is 22.0. The summed E-state index contributed by atoms with van der Waals surface area (Å²) in [5.74, 6) is 0.955. The highest BCUT2D eigenvalue weighted by Crippen LogP contribution is 2.36. The third-order valence-electron chi connectivity index (χ3n) is 6.05. The molecule has 0 spiro atoms. The molecular weight excluding hydrogens is 422 g/mol. The number of halogens is 1. The zero-order valence-electron chi connectivity index (χ0n) is 18.5. The standard InChI is InChI=1S/C26H26ClN3O2/c1-17-5-10-24(28-16-31)23(17)15-32-26-18(2)13-21(19(3)25(26)27)14-20-6-8-22(9-7-20)30-12-4-11-29-30/h4,6-9,11-13,15-17H,5,10,14H2,1-3H3/b23-15-,28-24?. The van der Waals surface area contributed by atoms with Crippen LogP contribution in [0.1, 0.15) is 42.0 Å². The zero-order chi connectivity index (χ0) is 22.7. The minimum absolute atomic E-state index is 0.304. The van der Waals surface area contributed by atoms with Crippen LogP contribution in [0.3, 0.4) is 0 Å². The van der Waals surface area contributed by atoms with Gasteiger partial charge in [0.2, 0.25) is 6.41 Å². The van der Waals surface area contributed by atoms with Crippen LogP contribution in [-0.4, -0.2) is 21.9 Å². The lowest BCUT2D eigenvalue weighted by Crippen LogP contribution is -2.03. The Hall–Kier alpha value is -3.18. The van der Waals surface area contributed by atoms with Gasteiger partial charge in [-0.25, -0.2) is 9.67 Å². The molecule has 1 fully saturated rings. The van der Waals surface area contributed by atoms with Gasteiger partial charge in [0, 0.05) is 18.0 Å². The number of benzene rings is 2. The fourth-order valence-corrected chi connectivity index (χ4v) is 4.42. The van der Waals surface area contributed by atoms with Gasteiger partial charge in [0.1, 0.15) is 5.75 Å². The van der Waals surface area contributed by atoms with Gasteiger partial charge in [-0.05, 0) is 79.5 Å². The summed E-state index contributed by atoms with van der Waals surface area (Å²) in [6.07, 6.45) is 8.54. The van der Waals surface area contributed by atoms with Gasteiger partial charge in [-0.1, -0.05) is 36.7 Å². The van der Waals surface area contributed by atoms with Crippen LogP contribution in [0.2, 0.25) is 5.02 Å². The lowest BCUT2D eigenvalue weighted by Gasteiger charge is -2.16. The van der Waals surface area contributed by atoms with Crippen LogP contribution in [0, 0.1) is 19.8 Å². The van der Waals surface area contributed by atoms with E-state index in [9.17, 15) is 4.79 Å². The summed E-state index contributed by atoms with van der Waals surface area (Å²) >= 11 is 6.73. The molecule has 1 unspecified atom stereocenters. The van der Waals surface area contributed by atoms with E-state index in [0.717, 1.165) is 52.9 Å². The Morgan fingerprint density at radius 2 is 2.06 bits per heavy atom. The van der Waals surface area contributed by atoms with E-state index in [2.05, 4.69) is 47.3 Å². The van der Waals surface area contributed by atoms with E-state index in [1.54, 1.807) is 12.5 Å². The van der Waals surface area contributed by atoms with Crippen molar-refractivity contribution >= 4 is 23.7 Å². The first-order valence-electron chi connectivity index (χ1n) is 10.7. The van der Waals surface area contributed by atoms with Crippen LogP contribution in [0.5, 0.6) is 5.75 Å². The van der Waals surface area contributed by atoms with Crippen molar-refractivity contribution in [2.45, 2.75) is 40.0 Å². The number of aliphatic imine (C=N–C) groups is 1. The van der Waals surface area contributed by atoms with Crippen molar-refractivity contribution in [3.63, 3.8) is 0 Å². The number of nitrogens with zero attached hydrogens (tertiary/aromatic N) is 3. The van der Waals surface area contributed by atoms with Crippen molar-refractivity contribution in [2.24, 2.45) is 10.9 Å². The fraction of sp³-hybridized carbons (Fsp3) is 0.269.